The summed E-state index contributed by atoms with van der Waals surface area (Å²) >= 11 is 0. The number of hydrogen-bond donors (Lipinski definition) is 1. The average Bonchev–Trinajstić information content (AvgIpc) is 2.65. The molecule has 0 aromatic heterocycles. The molecule has 2 rings (SSSR count). The Hall–Kier alpha value is -1.88. The van der Waals surface area contributed by atoms with Crippen molar-refractivity contribution in [1.82, 2.24) is 0 Å². The zero-order valence-corrected chi connectivity index (χ0v) is 14.3. The van der Waals surface area contributed by atoms with Gasteiger partial charge in [-0.25, -0.2) is 0 Å². The van der Waals surface area contributed by atoms with E-state index in [1.807, 2.05) is 48.5 Å². The molecule has 0 fully saturated rings. The second-order valence-electron chi connectivity index (χ2n) is 5.58. The van der Waals surface area contributed by atoms with Crippen molar-refractivity contribution in [2.75, 3.05) is 13.2 Å². The molecule has 0 bridgehead atoms. The molecule has 2 atom stereocenters. The van der Waals surface area contributed by atoms with Crippen LogP contribution in [0.2, 0.25) is 0 Å². The summed E-state index contributed by atoms with van der Waals surface area (Å²) in [6, 6.07) is 19.8. The molecule has 0 aliphatic rings. The van der Waals surface area contributed by atoms with Gasteiger partial charge in [-0.05, 0) is 30.5 Å². The summed E-state index contributed by atoms with van der Waals surface area (Å²) in [4.78, 5) is 0. The van der Waals surface area contributed by atoms with Gasteiger partial charge in [0, 0.05) is 0 Å². The molecule has 2 aromatic carbocycles. The van der Waals surface area contributed by atoms with E-state index in [4.69, 9.17) is 19.9 Å². The standard InChI is InChI=1S/C20H27NO3/c1-2-18(23-16-17-9-5-3-6-10-17)13-14-22-20(15-21)24-19-11-7-4-8-12-19/h3-12,18,20H,2,13-16,21H2,1H3. The minimum atomic E-state index is -0.431. The average molecular weight is 329 g/mol. The van der Waals surface area contributed by atoms with Gasteiger partial charge in [0.25, 0.3) is 0 Å². The van der Waals surface area contributed by atoms with Crippen molar-refractivity contribution in [3.8, 4) is 5.75 Å². The Morgan fingerprint density at radius 2 is 1.58 bits per heavy atom. The Morgan fingerprint density at radius 3 is 2.21 bits per heavy atom. The number of benzene rings is 2. The quantitative estimate of drug-likeness (QED) is 0.638. The first kappa shape index (κ1) is 18.5. The Morgan fingerprint density at radius 1 is 0.917 bits per heavy atom. The fourth-order valence-electron chi connectivity index (χ4n) is 2.33. The molecule has 0 radical (unpaired) electrons. The molecular formula is C20H27NO3. The van der Waals surface area contributed by atoms with E-state index in [9.17, 15) is 0 Å². The van der Waals surface area contributed by atoms with Crippen LogP contribution in [-0.2, 0) is 16.1 Å². The Labute approximate surface area is 144 Å². The maximum Gasteiger partial charge on any atom is 0.212 e. The lowest BCUT2D eigenvalue weighted by Crippen LogP contribution is -2.31. The van der Waals surface area contributed by atoms with E-state index in [-0.39, 0.29) is 6.10 Å². The summed E-state index contributed by atoms with van der Waals surface area (Å²) in [5, 5.41) is 0. The molecule has 0 saturated carbocycles. The van der Waals surface area contributed by atoms with Crippen LogP contribution in [0.1, 0.15) is 25.3 Å². The SMILES string of the molecule is CCC(CCOC(CN)Oc1ccccc1)OCc1ccccc1. The molecule has 4 nitrogen and oxygen atoms in total. The molecule has 0 heterocycles. The molecule has 24 heavy (non-hydrogen) atoms. The number of rotatable bonds is 11. The van der Waals surface area contributed by atoms with Gasteiger partial charge in [-0.2, -0.15) is 0 Å². The molecule has 2 aromatic rings. The smallest absolute Gasteiger partial charge is 0.212 e. The van der Waals surface area contributed by atoms with Gasteiger partial charge < -0.3 is 19.9 Å². The molecule has 2 unspecified atom stereocenters. The van der Waals surface area contributed by atoms with Gasteiger partial charge in [0.15, 0.2) is 0 Å². The molecule has 130 valence electrons. The molecule has 0 aliphatic carbocycles. The van der Waals surface area contributed by atoms with E-state index >= 15 is 0 Å². The second kappa shape index (κ2) is 10.8. The van der Waals surface area contributed by atoms with E-state index in [1.165, 1.54) is 5.56 Å². The monoisotopic (exact) mass is 329 g/mol. The third-order valence-corrected chi connectivity index (χ3v) is 3.73. The van der Waals surface area contributed by atoms with Crippen LogP contribution in [-0.4, -0.2) is 25.5 Å². The van der Waals surface area contributed by atoms with Crippen LogP contribution < -0.4 is 10.5 Å². The zero-order valence-electron chi connectivity index (χ0n) is 14.3. The van der Waals surface area contributed by atoms with Gasteiger partial charge in [0.2, 0.25) is 6.29 Å². The minimum Gasteiger partial charge on any atom is -0.464 e. The van der Waals surface area contributed by atoms with Crippen LogP contribution >= 0.6 is 0 Å². The number of nitrogens with two attached hydrogens (primary N) is 1. The van der Waals surface area contributed by atoms with Crippen molar-refractivity contribution < 1.29 is 14.2 Å². The molecule has 0 amide bonds. The highest BCUT2D eigenvalue weighted by Crippen LogP contribution is 2.13. The van der Waals surface area contributed by atoms with Crippen molar-refractivity contribution in [2.45, 2.75) is 38.8 Å². The molecular weight excluding hydrogens is 302 g/mol. The van der Waals surface area contributed by atoms with E-state index in [0.29, 0.717) is 19.8 Å². The molecule has 4 heteroatoms. The van der Waals surface area contributed by atoms with Gasteiger partial charge >= 0.3 is 0 Å². The molecule has 2 N–H and O–H groups in total. The number of para-hydroxylation sites is 1. The van der Waals surface area contributed by atoms with Crippen LogP contribution in [0.4, 0.5) is 0 Å². The van der Waals surface area contributed by atoms with E-state index in [2.05, 4.69) is 19.1 Å². The zero-order chi connectivity index (χ0) is 17.0. The first-order chi connectivity index (χ1) is 11.8. The van der Waals surface area contributed by atoms with Crippen molar-refractivity contribution in [3.05, 3.63) is 66.2 Å². The maximum atomic E-state index is 5.96. The summed E-state index contributed by atoms with van der Waals surface area (Å²) in [6.45, 7) is 3.62. The van der Waals surface area contributed by atoms with E-state index < -0.39 is 6.29 Å². The fourth-order valence-corrected chi connectivity index (χ4v) is 2.33. The first-order valence-corrected chi connectivity index (χ1v) is 8.50. The lowest BCUT2D eigenvalue weighted by molar-refractivity contribution is -0.0861. The summed E-state index contributed by atoms with van der Waals surface area (Å²) in [6.07, 6.45) is 1.50. The van der Waals surface area contributed by atoms with Crippen LogP contribution in [0.5, 0.6) is 5.75 Å². The Bertz CT molecular complexity index is 547. The van der Waals surface area contributed by atoms with E-state index in [0.717, 1.165) is 18.6 Å². The third-order valence-electron chi connectivity index (χ3n) is 3.73. The minimum absolute atomic E-state index is 0.167. The van der Waals surface area contributed by atoms with Gasteiger partial charge in [-0.3, -0.25) is 0 Å². The van der Waals surface area contributed by atoms with Gasteiger partial charge in [-0.15, -0.1) is 0 Å². The summed E-state index contributed by atoms with van der Waals surface area (Å²) in [7, 11) is 0. The number of ether oxygens (including phenoxy) is 3. The van der Waals surface area contributed by atoms with Gasteiger partial charge in [0.1, 0.15) is 5.75 Å². The van der Waals surface area contributed by atoms with Crippen molar-refractivity contribution >= 4 is 0 Å². The predicted octanol–water partition coefficient (Wildman–Crippen LogP) is 3.75. The van der Waals surface area contributed by atoms with Crippen molar-refractivity contribution in [1.29, 1.82) is 0 Å². The van der Waals surface area contributed by atoms with Crippen molar-refractivity contribution in [3.63, 3.8) is 0 Å². The van der Waals surface area contributed by atoms with Crippen LogP contribution in [0.25, 0.3) is 0 Å². The van der Waals surface area contributed by atoms with Crippen LogP contribution in [0.3, 0.4) is 0 Å². The van der Waals surface area contributed by atoms with E-state index in [1.54, 1.807) is 0 Å². The van der Waals surface area contributed by atoms with Crippen LogP contribution in [0.15, 0.2) is 60.7 Å². The highest BCUT2D eigenvalue weighted by molar-refractivity contribution is 5.21. The number of hydrogen-bond acceptors (Lipinski definition) is 4. The highest BCUT2D eigenvalue weighted by atomic mass is 16.7. The topological polar surface area (TPSA) is 53.7 Å². The molecule has 0 saturated heterocycles. The second-order valence-corrected chi connectivity index (χ2v) is 5.58. The van der Waals surface area contributed by atoms with Gasteiger partial charge in [-0.1, -0.05) is 55.5 Å². The Kier molecular flexibility index (Phi) is 8.32. The predicted molar refractivity (Wildman–Crippen MR) is 95.8 cm³/mol. The summed E-state index contributed by atoms with van der Waals surface area (Å²) < 4.78 is 17.4. The van der Waals surface area contributed by atoms with Crippen molar-refractivity contribution in [2.24, 2.45) is 5.73 Å². The molecule has 0 aliphatic heterocycles. The Balaban J connectivity index is 1.69. The fraction of sp³-hybridized carbons (Fsp3) is 0.400. The first-order valence-electron chi connectivity index (χ1n) is 8.50. The lowest BCUT2D eigenvalue weighted by Gasteiger charge is -2.20. The van der Waals surface area contributed by atoms with Gasteiger partial charge in [0.05, 0.1) is 25.9 Å². The summed E-state index contributed by atoms with van der Waals surface area (Å²) in [5.74, 6) is 0.764. The lowest BCUT2D eigenvalue weighted by atomic mass is 10.2. The summed E-state index contributed by atoms with van der Waals surface area (Å²) in [5.41, 5.74) is 6.91. The third kappa shape index (κ3) is 6.71. The maximum absolute atomic E-state index is 5.96. The highest BCUT2D eigenvalue weighted by Gasteiger charge is 2.12. The van der Waals surface area contributed by atoms with Crippen LogP contribution in [0, 0.1) is 0 Å². The largest absolute Gasteiger partial charge is 0.464 e. The normalized spacial score (nSPS) is 13.4. The molecule has 0 spiro atoms.